The smallest absolute Gasteiger partial charge is 0.0962 e. The van der Waals surface area contributed by atoms with E-state index >= 15 is 0 Å². The molecule has 14 heavy (non-hydrogen) atoms. The molecular weight excluding hydrogens is 214 g/mol. The first kappa shape index (κ1) is 10.4. The SMILES string of the molecule is Cc1nc(C2CCCCC2)sc1CCl. The van der Waals surface area contributed by atoms with Crippen LogP contribution in [0, 0.1) is 6.92 Å². The van der Waals surface area contributed by atoms with E-state index in [1.54, 1.807) is 0 Å². The second kappa shape index (κ2) is 4.63. The largest absolute Gasteiger partial charge is 0.246 e. The number of aryl methyl sites for hydroxylation is 1. The molecule has 1 heterocycles. The Morgan fingerprint density at radius 2 is 2.07 bits per heavy atom. The number of hydrogen-bond donors (Lipinski definition) is 0. The lowest BCUT2D eigenvalue weighted by Gasteiger charge is -2.18. The molecule has 0 bridgehead atoms. The van der Waals surface area contributed by atoms with Gasteiger partial charge in [0, 0.05) is 10.8 Å². The Labute approximate surface area is 94.5 Å². The molecule has 0 unspecified atom stereocenters. The number of hydrogen-bond acceptors (Lipinski definition) is 2. The van der Waals surface area contributed by atoms with Gasteiger partial charge in [-0.25, -0.2) is 4.98 Å². The van der Waals surface area contributed by atoms with Gasteiger partial charge in [-0.15, -0.1) is 22.9 Å². The van der Waals surface area contributed by atoms with Gasteiger partial charge in [0.2, 0.25) is 0 Å². The Hall–Kier alpha value is -0.0800. The third-order valence-electron chi connectivity index (χ3n) is 2.98. The summed E-state index contributed by atoms with van der Waals surface area (Å²) >= 11 is 7.68. The lowest BCUT2D eigenvalue weighted by atomic mass is 9.90. The lowest BCUT2D eigenvalue weighted by Crippen LogP contribution is -2.03. The molecule has 1 nitrogen and oxygen atoms in total. The predicted octanol–water partition coefficient (Wildman–Crippen LogP) is 4.24. The molecule has 1 fully saturated rings. The highest BCUT2D eigenvalue weighted by molar-refractivity contribution is 7.12. The molecule has 0 aliphatic heterocycles. The Morgan fingerprint density at radius 3 is 2.64 bits per heavy atom. The molecule has 2 rings (SSSR count). The van der Waals surface area contributed by atoms with Crippen molar-refractivity contribution in [3.63, 3.8) is 0 Å². The van der Waals surface area contributed by atoms with Crippen molar-refractivity contribution >= 4 is 22.9 Å². The molecule has 0 N–H and O–H groups in total. The Balaban J connectivity index is 2.14. The van der Waals surface area contributed by atoms with Crippen LogP contribution in [-0.4, -0.2) is 4.98 Å². The number of halogens is 1. The van der Waals surface area contributed by atoms with Gasteiger partial charge in [0.25, 0.3) is 0 Å². The first-order valence-electron chi connectivity index (χ1n) is 5.33. The molecule has 0 amide bonds. The van der Waals surface area contributed by atoms with Crippen LogP contribution in [0.15, 0.2) is 0 Å². The second-order valence-corrected chi connectivity index (χ2v) is 5.41. The number of nitrogens with zero attached hydrogens (tertiary/aromatic N) is 1. The summed E-state index contributed by atoms with van der Waals surface area (Å²) in [6.07, 6.45) is 6.81. The minimum absolute atomic E-state index is 0.621. The van der Waals surface area contributed by atoms with Crippen molar-refractivity contribution < 1.29 is 0 Å². The van der Waals surface area contributed by atoms with Crippen LogP contribution in [-0.2, 0) is 5.88 Å². The van der Waals surface area contributed by atoms with Crippen molar-refractivity contribution in [3.8, 4) is 0 Å². The molecule has 78 valence electrons. The summed E-state index contributed by atoms with van der Waals surface area (Å²) in [5, 5.41) is 1.33. The molecule has 0 radical (unpaired) electrons. The third-order valence-corrected chi connectivity index (χ3v) is 4.73. The van der Waals surface area contributed by atoms with Gasteiger partial charge < -0.3 is 0 Å². The Kier molecular flexibility index (Phi) is 3.45. The number of rotatable bonds is 2. The first-order chi connectivity index (χ1) is 6.81. The van der Waals surface area contributed by atoms with Gasteiger partial charge in [0.15, 0.2) is 0 Å². The zero-order chi connectivity index (χ0) is 9.97. The van der Waals surface area contributed by atoms with Gasteiger partial charge in [-0.2, -0.15) is 0 Å². The highest BCUT2D eigenvalue weighted by Crippen LogP contribution is 2.36. The van der Waals surface area contributed by atoms with Crippen LogP contribution in [0.2, 0.25) is 0 Å². The Bertz CT molecular complexity index is 302. The van der Waals surface area contributed by atoms with E-state index in [9.17, 15) is 0 Å². The van der Waals surface area contributed by atoms with E-state index in [0.29, 0.717) is 5.88 Å². The molecule has 0 saturated heterocycles. The Morgan fingerprint density at radius 1 is 1.36 bits per heavy atom. The van der Waals surface area contributed by atoms with Crippen molar-refractivity contribution in [3.05, 3.63) is 15.6 Å². The van der Waals surface area contributed by atoms with Gasteiger partial charge >= 0.3 is 0 Å². The van der Waals surface area contributed by atoms with E-state index in [-0.39, 0.29) is 0 Å². The van der Waals surface area contributed by atoms with Crippen molar-refractivity contribution in [2.24, 2.45) is 0 Å². The van der Waals surface area contributed by atoms with E-state index < -0.39 is 0 Å². The van der Waals surface area contributed by atoms with Gasteiger partial charge in [-0.05, 0) is 19.8 Å². The fourth-order valence-electron chi connectivity index (χ4n) is 2.10. The molecule has 1 aliphatic carbocycles. The van der Waals surface area contributed by atoms with Crippen molar-refractivity contribution in [2.45, 2.75) is 50.8 Å². The molecule has 1 aromatic rings. The zero-order valence-electron chi connectivity index (χ0n) is 8.55. The van der Waals surface area contributed by atoms with Crippen LogP contribution < -0.4 is 0 Å². The van der Waals surface area contributed by atoms with E-state index in [2.05, 4.69) is 11.9 Å². The molecule has 0 spiro atoms. The van der Waals surface area contributed by atoms with Crippen LogP contribution in [0.5, 0.6) is 0 Å². The van der Waals surface area contributed by atoms with Crippen LogP contribution in [0.4, 0.5) is 0 Å². The maximum absolute atomic E-state index is 5.85. The topological polar surface area (TPSA) is 12.9 Å². The lowest BCUT2D eigenvalue weighted by molar-refractivity contribution is 0.442. The van der Waals surface area contributed by atoms with Crippen molar-refractivity contribution in [1.82, 2.24) is 4.98 Å². The summed E-state index contributed by atoms with van der Waals surface area (Å²) in [6, 6.07) is 0. The summed E-state index contributed by atoms with van der Waals surface area (Å²) in [5.74, 6) is 1.35. The highest BCUT2D eigenvalue weighted by atomic mass is 35.5. The maximum atomic E-state index is 5.85. The summed E-state index contributed by atoms with van der Waals surface area (Å²) in [6.45, 7) is 2.07. The maximum Gasteiger partial charge on any atom is 0.0962 e. The molecule has 1 saturated carbocycles. The van der Waals surface area contributed by atoms with E-state index in [0.717, 1.165) is 11.6 Å². The highest BCUT2D eigenvalue weighted by Gasteiger charge is 2.19. The van der Waals surface area contributed by atoms with Gasteiger partial charge in [-0.1, -0.05) is 19.3 Å². The van der Waals surface area contributed by atoms with Crippen LogP contribution >= 0.6 is 22.9 Å². The summed E-state index contributed by atoms with van der Waals surface area (Å²) in [4.78, 5) is 5.90. The van der Waals surface area contributed by atoms with Gasteiger partial charge in [0.1, 0.15) is 0 Å². The molecule has 0 aromatic carbocycles. The molecule has 1 aliphatic rings. The molecule has 1 aromatic heterocycles. The normalized spacial score (nSPS) is 18.7. The van der Waals surface area contributed by atoms with Gasteiger partial charge in [-0.3, -0.25) is 0 Å². The van der Waals surface area contributed by atoms with E-state index in [1.165, 1.54) is 42.0 Å². The van der Waals surface area contributed by atoms with Crippen LogP contribution in [0.25, 0.3) is 0 Å². The van der Waals surface area contributed by atoms with Gasteiger partial charge in [0.05, 0.1) is 16.6 Å². The average molecular weight is 230 g/mol. The first-order valence-corrected chi connectivity index (χ1v) is 6.68. The molecule has 0 atom stereocenters. The van der Waals surface area contributed by atoms with Crippen molar-refractivity contribution in [1.29, 1.82) is 0 Å². The fraction of sp³-hybridized carbons (Fsp3) is 0.727. The predicted molar refractivity (Wildman–Crippen MR) is 62.2 cm³/mol. The third kappa shape index (κ3) is 2.12. The number of thiazole rings is 1. The summed E-state index contributed by atoms with van der Waals surface area (Å²) < 4.78 is 0. The van der Waals surface area contributed by atoms with Crippen LogP contribution in [0.3, 0.4) is 0 Å². The monoisotopic (exact) mass is 229 g/mol. The average Bonchev–Trinajstić information content (AvgIpc) is 2.61. The molecule has 3 heteroatoms. The summed E-state index contributed by atoms with van der Waals surface area (Å²) in [5.41, 5.74) is 1.14. The second-order valence-electron chi connectivity index (χ2n) is 4.03. The quantitative estimate of drug-likeness (QED) is 0.692. The van der Waals surface area contributed by atoms with Crippen LogP contribution in [0.1, 0.15) is 53.6 Å². The van der Waals surface area contributed by atoms with E-state index in [1.807, 2.05) is 11.3 Å². The molecular formula is C11H16ClNS. The standard InChI is InChI=1S/C11H16ClNS/c1-8-10(7-12)14-11(13-8)9-5-3-2-4-6-9/h9H,2-7H2,1H3. The summed E-state index contributed by atoms with van der Waals surface area (Å²) in [7, 11) is 0. The number of alkyl halides is 1. The fourth-order valence-corrected chi connectivity index (χ4v) is 3.54. The number of aromatic nitrogens is 1. The minimum atomic E-state index is 0.621. The zero-order valence-corrected chi connectivity index (χ0v) is 10.1. The minimum Gasteiger partial charge on any atom is -0.246 e. The van der Waals surface area contributed by atoms with Crippen molar-refractivity contribution in [2.75, 3.05) is 0 Å². The van der Waals surface area contributed by atoms with E-state index in [4.69, 9.17) is 11.6 Å².